The monoisotopic (exact) mass is 233 g/mol. The summed E-state index contributed by atoms with van der Waals surface area (Å²) in [5.74, 6) is -0.194. The lowest BCUT2D eigenvalue weighted by Crippen LogP contribution is -2.12. The molecule has 0 radical (unpaired) electrons. The van der Waals surface area contributed by atoms with Gasteiger partial charge in [0, 0.05) is 18.8 Å². The van der Waals surface area contributed by atoms with Gasteiger partial charge in [-0.15, -0.1) is 0 Å². The molecule has 2 aromatic rings. The fourth-order valence-electron chi connectivity index (χ4n) is 1.84. The van der Waals surface area contributed by atoms with Crippen LogP contribution in [0.2, 0.25) is 0 Å². The van der Waals surface area contributed by atoms with Gasteiger partial charge in [0.2, 0.25) is 0 Å². The molecule has 2 rings (SSSR count). The Morgan fingerprint density at radius 1 is 1.47 bits per heavy atom. The number of rotatable bonds is 4. The lowest BCUT2D eigenvalue weighted by atomic mass is 10.1. The molecular formula is C13H16FN3. The number of benzene rings is 1. The number of aromatic nitrogens is 2. The first-order valence-corrected chi connectivity index (χ1v) is 5.67. The van der Waals surface area contributed by atoms with E-state index in [2.05, 4.69) is 4.98 Å². The van der Waals surface area contributed by atoms with Gasteiger partial charge >= 0.3 is 0 Å². The smallest absolute Gasteiger partial charge is 0.123 e. The first-order valence-electron chi connectivity index (χ1n) is 5.67. The van der Waals surface area contributed by atoms with Crippen LogP contribution in [0.1, 0.15) is 24.2 Å². The molecule has 90 valence electrons. The van der Waals surface area contributed by atoms with Gasteiger partial charge in [-0.05, 0) is 31.0 Å². The van der Waals surface area contributed by atoms with Crippen molar-refractivity contribution in [3.63, 3.8) is 0 Å². The minimum Gasteiger partial charge on any atom is -0.333 e. The van der Waals surface area contributed by atoms with Gasteiger partial charge in [0.1, 0.15) is 5.82 Å². The van der Waals surface area contributed by atoms with E-state index in [1.807, 2.05) is 17.6 Å². The molecule has 3 nitrogen and oxygen atoms in total. The van der Waals surface area contributed by atoms with E-state index in [1.54, 1.807) is 24.7 Å². The zero-order chi connectivity index (χ0) is 12.3. The quantitative estimate of drug-likeness (QED) is 0.880. The van der Waals surface area contributed by atoms with Crippen molar-refractivity contribution < 1.29 is 4.39 Å². The molecule has 1 heterocycles. The maximum Gasteiger partial charge on any atom is 0.123 e. The van der Waals surface area contributed by atoms with E-state index in [0.717, 1.165) is 24.2 Å². The van der Waals surface area contributed by atoms with Crippen LogP contribution in [0, 0.1) is 5.82 Å². The summed E-state index contributed by atoms with van der Waals surface area (Å²) in [7, 11) is 0. The second-order valence-corrected chi connectivity index (χ2v) is 4.18. The van der Waals surface area contributed by atoms with Gasteiger partial charge in [0.05, 0.1) is 12.0 Å². The normalized spacial score (nSPS) is 12.6. The summed E-state index contributed by atoms with van der Waals surface area (Å²) in [6.45, 7) is 2.69. The SMILES string of the molecule is CC(N)c1cncn1CCc1cccc(F)c1. The number of hydrogen-bond acceptors (Lipinski definition) is 2. The largest absolute Gasteiger partial charge is 0.333 e. The van der Waals surface area contributed by atoms with Gasteiger partial charge in [-0.3, -0.25) is 0 Å². The van der Waals surface area contributed by atoms with Crippen LogP contribution in [0.5, 0.6) is 0 Å². The number of halogens is 1. The van der Waals surface area contributed by atoms with Gasteiger partial charge < -0.3 is 10.3 Å². The zero-order valence-corrected chi connectivity index (χ0v) is 9.81. The lowest BCUT2D eigenvalue weighted by molar-refractivity contribution is 0.610. The highest BCUT2D eigenvalue weighted by atomic mass is 19.1. The molecule has 1 aromatic heterocycles. The summed E-state index contributed by atoms with van der Waals surface area (Å²) >= 11 is 0. The van der Waals surface area contributed by atoms with Gasteiger partial charge in [0.15, 0.2) is 0 Å². The van der Waals surface area contributed by atoms with Crippen molar-refractivity contribution in [2.24, 2.45) is 5.73 Å². The van der Waals surface area contributed by atoms with E-state index in [-0.39, 0.29) is 11.9 Å². The van der Waals surface area contributed by atoms with Gasteiger partial charge in [-0.25, -0.2) is 9.37 Å². The minimum absolute atomic E-state index is 0.0370. The molecule has 0 saturated carbocycles. The van der Waals surface area contributed by atoms with Crippen molar-refractivity contribution in [2.45, 2.75) is 25.9 Å². The third kappa shape index (κ3) is 2.91. The average molecular weight is 233 g/mol. The van der Waals surface area contributed by atoms with Crippen molar-refractivity contribution in [1.82, 2.24) is 9.55 Å². The van der Waals surface area contributed by atoms with Crippen LogP contribution >= 0.6 is 0 Å². The highest BCUT2D eigenvalue weighted by molar-refractivity contribution is 5.16. The fourth-order valence-corrected chi connectivity index (χ4v) is 1.84. The van der Waals surface area contributed by atoms with Crippen LogP contribution in [0.3, 0.4) is 0 Å². The Balaban J connectivity index is 2.05. The Morgan fingerprint density at radius 3 is 3.00 bits per heavy atom. The Morgan fingerprint density at radius 2 is 2.29 bits per heavy atom. The number of hydrogen-bond donors (Lipinski definition) is 1. The molecule has 1 unspecified atom stereocenters. The molecule has 0 amide bonds. The van der Waals surface area contributed by atoms with E-state index >= 15 is 0 Å². The first kappa shape index (κ1) is 11.8. The van der Waals surface area contributed by atoms with Crippen molar-refractivity contribution in [3.05, 3.63) is 53.9 Å². The van der Waals surface area contributed by atoms with Gasteiger partial charge in [-0.1, -0.05) is 12.1 Å². The van der Waals surface area contributed by atoms with Crippen molar-refractivity contribution in [2.75, 3.05) is 0 Å². The van der Waals surface area contributed by atoms with Gasteiger partial charge in [0.25, 0.3) is 0 Å². The van der Waals surface area contributed by atoms with Crippen molar-refractivity contribution in [3.8, 4) is 0 Å². The molecule has 17 heavy (non-hydrogen) atoms. The second kappa shape index (κ2) is 5.10. The first-order chi connectivity index (χ1) is 8.16. The molecule has 0 aliphatic carbocycles. The Hall–Kier alpha value is -1.68. The summed E-state index contributed by atoms with van der Waals surface area (Å²) < 4.78 is 15.0. The highest BCUT2D eigenvalue weighted by Crippen LogP contribution is 2.11. The van der Waals surface area contributed by atoms with Crippen LogP contribution in [0.15, 0.2) is 36.8 Å². The Labute approximate surface area is 100 Å². The second-order valence-electron chi connectivity index (χ2n) is 4.18. The number of imidazole rings is 1. The maximum atomic E-state index is 13.0. The molecular weight excluding hydrogens is 217 g/mol. The van der Waals surface area contributed by atoms with E-state index < -0.39 is 0 Å². The van der Waals surface area contributed by atoms with Gasteiger partial charge in [-0.2, -0.15) is 0 Å². The van der Waals surface area contributed by atoms with E-state index in [0.29, 0.717) is 0 Å². The molecule has 4 heteroatoms. The standard InChI is InChI=1S/C13H16FN3/c1-10(15)13-8-16-9-17(13)6-5-11-3-2-4-12(14)7-11/h2-4,7-10H,5-6,15H2,1H3. The molecule has 0 fully saturated rings. The predicted octanol–water partition coefficient (Wildman–Crippen LogP) is 2.28. The Kier molecular flexibility index (Phi) is 3.54. The van der Waals surface area contributed by atoms with Crippen molar-refractivity contribution in [1.29, 1.82) is 0 Å². The lowest BCUT2D eigenvalue weighted by Gasteiger charge is -2.10. The summed E-state index contributed by atoms with van der Waals surface area (Å²) in [5, 5.41) is 0. The van der Waals surface area contributed by atoms with Crippen LogP contribution in [0.25, 0.3) is 0 Å². The molecule has 0 aliphatic heterocycles. The third-order valence-corrected chi connectivity index (χ3v) is 2.74. The molecule has 1 aromatic carbocycles. The topological polar surface area (TPSA) is 43.8 Å². The van der Waals surface area contributed by atoms with Crippen molar-refractivity contribution >= 4 is 0 Å². The summed E-state index contributed by atoms with van der Waals surface area (Å²) in [5.41, 5.74) is 7.81. The van der Waals surface area contributed by atoms with Crippen LogP contribution < -0.4 is 5.73 Å². The predicted molar refractivity (Wildman–Crippen MR) is 64.9 cm³/mol. The summed E-state index contributed by atoms with van der Waals surface area (Å²) in [6, 6.07) is 6.62. The molecule has 0 aliphatic rings. The van der Waals surface area contributed by atoms with E-state index in [4.69, 9.17) is 5.73 Å². The maximum absolute atomic E-state index is 13.0. The molecule has 0 bridgehead atoms. The van der Waals surface area contributed by atoms with Crippen LogP contribution in [-0.4, -0.2) is 9.55 Å². The van der Waals surface area contributed by atoms with Crippen LogP contribution in [-0.2, 0) is 13.0 Å². The number of nitrogens with zero attached hydrogens (tertiary/aromatic N) is 2. The minimum atomic E-state index is -0.194. The fraction of sp³-hybridized carbons (Fsp3) is 0.308. The highest BCUT2D eigenvalue weighted by Gasteiger charge is 2.06. The van der Waals surface area contributed by atoms with E-state index in [1.165, 1.54) is 6.07 Å². The third-order valence-electron chi connectivity index (χ3n) is 2.74. The Bertz CT molecular complexity index is 491. The molecule has 1 atom stereocenters. The molecule has 2 N–H and O–H groups in total. The number of aryl methyl sites for hydroxylation is 2. The summed E-state index contributed by atoms with van der Waals surface area (Å²) in [4.78, 5) is 4.08. The average Bonchev–Trinajstić information content (AvgIpc) is 2.74. The molecule has 0 saturated heterocycles. The summed E-state index contributed by atoms with van der Waals surface area (Å²) in [6.07, 6.45) is 4.31. The van der Waals surface area contributed by atoms with Crippen LogP contribution in [0.4, 0.5) is 4.39 Å². The number of nitrogens with two attached hydrogens (primary N) is 1. The van der Waals surface area contributed by atoms with E-state index in [9.17, 15) is 4.39 Å². The zero-order valence-electron chi connectivity index (χ0n) is 9.81. The molecule has 0 spiro atoms.